The van der Waals surface area contributed by atoms with E-state index in [1.54, 1.807) is 19.4 Å². The second-order valence-electron chi connectivity index (χ2n) is 6.25. The van der Waals surface area contributed by atoms with E-state index in [9.17, 15) is 4.79 Å². The molecule has 0 bridgehead atoms. The summed E-state index contributed by atoms with van der Waals surface area (Å²) in [4.78, 5) is 16.6. The molecule has 2 aromatic carbocycles. The normalized spacial score (nSPS) is 10.3. The number of ether oxygens (including phenoxy) is 1. The maximum Gasteiger partial charge on any atom is 0.269 e. The smallest absolute Gasteiger partial charge is 0.269 e. The topological polar surface area (TPSA) is 63.2 Å². The highest BCUT2D eigenvalue weighted by Crippen LogP contribution is 2.28. The van der Waals surface area contributed by atoms with Gasteiger partial charge in [-0.25, -0.2) is 0 Å². The van der Waals surface area contributed by atoms with Crippen LogP contribution < -0.4 is 15.4 Å². The second-order valence-corrected chi connectivity index (χ2v) is 6.25. The second kappa shape index (κ2) is 8.85. The monoisotopic (exact) mass is 361 g/mol. The molecule has 1 heterocycles. The van der Waals surface area contributed by atoms with Crippen LogP contribution in [0, 0.1) is 6.92 Å². The first kappa shape index (κ1) is 18.5. The molecule has 138 valence electrons. The zero-order valence-electron chi connectivity index (χ0n) is 15.5. The number of hydrogen-bond acceptors (Lipinski definition) is 4. The van der Waals surface area contributed by atoms with Gasteiger partial charge in [-0.05, 0) is 48.7 Å². The summed E-state index contributed by atoms with van der Waals surface area (Å²) in [6.07, 6.45) is 2.40. The van der Waals surface area contributed by atoms with Gasteiger partial charge in [-0.2, -0.15) is 0 Å². The number of nitrogens with one attached hydrogen (secondary N) is 2. The number of amides is 1. The highest BCUT2D eigenvalue weighted by Gasteiger charge is 2.09. The van der Waals surface area contributed by atoms with Gasteiger partial charge in [-0.1, -0.05) is 36.4 Å². The van der Waals surface area contributed by atoms with Crippen LogP contribution in [0.15, 0.2) is 66.9 Å². The maximum atomic E-state index is 12.4. The van der Waals surface area contributed by atoms with E-state index in [0.717, 1.165) is 29.1 Å². The van der Waals surface area contributed by atoms with Crippen molar-refractivity contribution in [2.45, 2.75) is 13.3 Å². The van der Waals surface area contributed by atoms with Crippen molar-refractivity contribution >= 4 is 17.3 Å². The summed E-state index contributed by atoms with van der Waals surface area (Å²) < 4.78 is 5.39. The van der Waals surface area contributed by atoms with Crippen molar-refractivity contribution < 1.29 is 9.53 Å². The average Bonchev–Trinajstić information content (AvgIpc) is 2.69. The number of aromatic nitrogens is 1. The van der Waals surface area contributed by atoms with Crippen molar-refractivity contribution in [1.29, 1.82) is 0 Å². The molecule has 0 saturated heterocycles. The molecule has 0 spiro atoms. The van der Waals surface area contributed by atoms with Crippen LogP contribution in [0.4, 0.5) is 11.4 Å². The molecular formula is C22H23N3O2. The summed E-state index contributed by atoms with van der Waals surface area (Å²) in [5, 5.41) is 6.21. The Kier molecular flexibility index (Phi) is 6.05. The van der Waals surface area contributed by atoms with Gasteiger partial charge in [0, 0.05) is 18.4 Å². The minimum absolute atomic E-state index is 0.189. The summed E-state index contributed by atoms with van der Waals surface area (Å²) in [5.74, 6) is 0.553. The quantitative estimate of drug-likeness (QED) is 0.665. The summed E-state index contributed by atoms with van der Waals surface area (Å²) in [5.41, 5.74) is 4.31. The van der Waals surface area contributed by atoms with Crippen LogP contribution in [0.1, 0.15) is 21.6 Å². The number of anilines is 2. The molecule has 0 aliphatic rings. The molecule has 1 aromatic heterocycles. The van der Waals surface area contributed by atoms with Crippen molar-refractivity contribution in [2.24, 2.45) is 0 Å². The first-order valence-electron chi connectivity index (χ1n) is 8.85. The Balaban J connectivity index is 1.64. The highest BCUT2D eigenvalue weighted by molar-refractivity contribution is 5.93. The third-order valence-corrected chi connectivity index (χ3v) is 4.17. The number of hydrogen-bond donors (Lipinski definition) is 2. The SMILES string of the molecule is COc1ccc(C)cc1Nc1ccnc(C(=O)NCCc2ccccc2)c1. The minimum atomic E-state index is -0.189. The minimum Gasteiger partial charge on any atom is -0.495 e. The van der Waals surface area contributed by atoms with Gasteiger partial charge in [0.25, 0.3) is 5.91 Å². The molecule has 2 N–H and O–H groups in total. The Morgan fingerprint density at radius 2 is 1.89 bits per heavy atom. The number of pyridine rings is 1. The molecule has 0 unspecified atom stereocenters. The van der Waals surface area contributed by atoms with Crippen LogP contribution in [-0.4, -0.2) is 24.5 Å². The van der Waals surface area contributed by atoms with Crippen LogP contribution in [-0.2, 0) is 6.42 Å². The highest BCUT2D eigenvalue weighted by atomic mass is 16.5. The largest absolute Gasteiger partial charge is 0.495 e. The molecular weight excluding hydrogens is 338 g/mol. The summed E-state index contributed by atoms with van der Waals surface area (Å²) in [6, 6.07) is 19.5. The molecule has 0 saturated carbocycles. The molecule has 1 amide bonds. The number of aryl methyl sites for hydroxylation is 1. The fraction of sp³-hybridized carbons (Fsp3) is 0.182. The predicted molar refractivity (Wildman–Crippen MR) is 108 cm³/mol. The number of methoxy groups -OCH3 is 1. The lowest BCUT2D eigenvalue weighted by molar-refractivity contribution is 0.0949. The van der Waals surface area contributed by atoms with Gasteiger partial charge in [0.1, 0.15) is 11.4 Å². The van der Waals surface area contributed by atoms with Gasteiger partial charge < -0.3 is 15.4 Å². The zero-order valence-corrected chi connectivity index (χ0v) is 15.5. The number of rotatable bonds is 7. The van der Waals surface area contributed by atoms with Gasteiger partial charge in [0.15, 0.2) is 0 Å². The van der Waals surface area contributed by atoms with Crippen LogP contribution in [0.25, 0.3) is 0 Å². The molecule has 5 nitrogen and oxygen atoms in total. The fourth-order valence-electron chi connectivity index (χ4n) is 2.76. The first-order valence-corrected chi connectivity index (χ1v) is 8.85. The third-order valence-electron chi connectivity index (χ3n) is 4.17. The molecule has 5 heteroatoms. The molecule has 3 rings (SSSR count). The van der Waals surface area contributed by atoms with Crippen molar-refractivity contribution in [1.82, 2.24) is 10.3 Å². The molecule has 0 aliphatic carbocycles. The lowest BCUT2D eigenvalue weighted by Gasteiger charge is -2.12. The van der Waals surface area contributed by atoms with E-state index < -0.39 is 0 Å². The lowest BCUT2D eigenvalue weighted by atomic mass is 10.1. The zero-order chi connectivity index (χ0) is 19.1. The molecule has 0 fully saturated rings. The van der Waals surface area contributed by atoms with E-state index in [0.29, 0.717) is 12.2 Å². The molecule has 0 radical (unpaired) electrons. The van der Waals surface area contributed by atoms with E-state index in [-0.39, 0.29) is 5.91 Å². The summed E-state index contributed by atoms with van der Waals surface area (Å²) in [6.45, 7) is 2.58. The van der Waals surface area contributed by atoms with Gasteiger partial charge in [-0.3, -0.25) is 9.78 Å². The Morgan fingerprint density at radius 3 is 2.67 bits per heavy atom. The summed E-state index contributed by atoms with van der Waals surface area (Å²) >= 11 is 0. The Labute approximate surface area is 159 Å². The van der Waals surface area contributed by atoms with E-state index in [1.165, 1.54) is 5.56 Å². The van der Waals surface area contributed by atoms with Crippen molar-refractivity contribution in [2.75, 3.05) is 19.0 Å². The number of carbonyl (C=O) groups is 1. The van der Waals surface area contributed by atoms with Crippen LogP contribution in [0.5, 0.6) is 5.75 Å². The van der Waals surface area contributed by atoms with Crippen molar-refractivity contribution in [3.05, 3.63) is 83.7 Å². The summed E-state index contributed by atoms with van der Waals surface area (Å²) in [7, 11) is 1.63. The van der Waals surface area contributed by atoms with E-state index in [4.69, 9.17) is 4.74 Å². The molecule has 3 aromatic rings. The van der Waals surface area contributed by atoms with Gasteiger partial charge >= 0.3 is 0 Å². The van der Waals surface area contributed by atoms with E-state index in [1.807, 2.05) is 61.5 Å². The van der Waals surface area contributed by atoms with Crippen LogP contribution in [0.2, 0.25) is 0 Å². The van der Waals surface area contributed by atoms with Gasteiger partial charge in [0.05, 0.1) is 12.8 Å². The van der Waals surface area contributed by atoms with Crippen LogP contribution >= 0.6 is 0 Å². The van der Waals surface area contributed by atoms with E-state index >= 15 is 0 Å². The number of benzene rings is 2. The number of carbonyl (C=O) groups excluding carboxylic acids is 1. The standard InChI is InChI=1S/C22H23N3O2/c1-16-8-9-21(27-2)19(14-16)25-18-11-13-23-20(15-18)22(26)24-12-10-17-6-4-3-5-7-17/h3-9,11,13-15H,10,12H2,1-2H3,(H,23,25)(H,24,26). The third kappa shape index (κ3) is 5.07. The Bertz CT molecular complexity index is 910. The maximum absolute atomic E-state index is 12.4. The fourth-order valence-corrected chi connectivity index (χ4v) is 2.76. The predicted octanol–water partition coefficient (Wildman–Crippen LogP) is 4.11. The lowest BCUT2D eigenvalue weighted by Crippen LogP contribution is -2.26. The Morgan fingerprint density at radius 1 is 1.07 bits per heavy atom. The first-order chi connectivity index (χ1) is 13.2. The van der Waals surface area contributed by atoms with Gasteiger partial charge in [0.2, 0.25) is 0 Å². The molecule has 0 aliphatic heterocycles. The molecule has 27 heavy (non-hydrogen) atoms. The molecule has 0 atom stereocenters. The average molecular weight is 361 g/mol. The van der Waals surface area contributed by atoms with Crippen LogP contribution in [0.3, 0.4) is 0 Å². The number of nitrogens with zero attached hydrogens (tertiary/aromatic N) is 1. The van der Waals surface area contributed by atoms with E-state index in [2.05, 4.69) is 15.6 Å². The Hall–Kier alpha value is -3.34. The van der Waals surface area contributed by atoms with Crippen molar-refractivity contribution in [3.63, 3.8) is 0 Å². The van der Waals surface area contributed by atoms with Crippen molar-refractivity contribution in [3.8, 4) is 5.75 Å². The van der Waals surface area contributed by atoms with Gasteiger partial charge in [-0.15, -0.1) is 0 Å².